The Balaban J connectivity index is 1.47. The topological polar surface area (TPSA) is 157 Å². The summed E-state index contributed by atoms with van der Waals surface area (Å²) in [4.78, 5) is 12.7. The highest BCUT2D eigenvalue weighted by Gasteiger charge is 2.60. The minimum atomic E-state index is -1.53. The summed E-state index contributed by atoms with van der Waals surface area (Å²) in [5.74, 6) is 0.362. The molecule has 0 aromatic carbocycles. The van der Waals surface area contributed by atoms with Crippen molar-refractivity contribution in [3.63, 3.8) is 0 Å². The molecule has 3 aliphatic carbocycles. The van der Waals surface area contributed by atoms with Crippen molar-refractivity contribution in [2.24, 2.45) is 28.1 Å². The van der Waals surface area contributed by atoms with Crippen molar-refractivity contribution < 1.29 is 44.9 Å². The highest BCUT2D eigenvalue weighted by molar-refractivity contribution is 5.89. The van der Waals surface area contributed by atoms with Gasteiger partial charge in [0.15, 0.2) is 12.1 Å². The van der Waals surface area contributed by atoms with Crippen LogP contribution in [0.15, 0.2) is 11.6 Å². The number of ketones is 1. The van der Waals surface area contributed by atoms with E-state index in [-0.39, 0.29) is 29.6 Å². The maximum Gasteiger partial charge on any atom is 0.186 e. The normalized spacial score (nSPS) is 48.5. The molecule has 9 heteroatoms. The Bertz CT molecular complexity index is 841. The Labute approximate surface area is 206 Å². The van der Waals surface area contributed by atoms with Gasteiger partial charge in [-0.05, 0) is 49.4 Å². The van der Waals surface area contributed by atoms with Crippen LogP contribution in [0.2, 0.25) is 0 Å². The van der Waals surface area contributed by atoms with Crippen molar-refractivity contribution >= 4 is 5.78 Å². The maximum absolute atomic E-state index is 12.7. The molecule has 0 radical (unpaired) electrons. The van der Waals surface area contributed by atoms with Crippen LogP contribution in [-0.4, -0.2) is 92.5 Å². The summed E-state index contributed by atoms with van der Waals surface area (Å²) < 4.78 is 11.0. The summed E-state index contributed by atoms with van der Waals surface area (Å²) in [6.07, 6.45) is -2.92. The second-order valence-corrected chi connectivity index (χ2v) is 12.3. The van der Waals surface area contributed by atoms with Crippen LogP contribution in [0.5, 0.6) is 0 Å². The molecule has 0 aromatic rings. The summed E-state index contributed by atoms with van der Waals surface area (Å²) in [5.41, 5.74) is -0.0964. The number of aliphatic hydroxyl groups excluding tert-OH is 6. The molecular weight excluding hydrogens is 456 g/mol. The van der Waals surface area contributed by atoms with Crippen LogP contribution in [0.1, 0.15) is 59.8 Å². The van der Waals surface area contributed by atoms with Gasteiger partial charge < -0.3 is 40.1 Å². The third-order valence-electron chi connectivity index (χ3n) is 9.72. The summed E-state index contributed by atoms with van der Waals surface area (Å²) >= 11 is 0. The van der Waals surface area contributed by atoms with E-state index in [4.69, 9.17) is 9.47 Å². The SMILES string of the molecule is CC1(C(O)COC2OC(CO)C(O)C(O)C2O)C=C2CCC3C(C)(C)C(=O)C(O)CC3(C)C2CC1. The molecule has 11 unspecified atom stereocenters. The molecule has 200 valence electrons. The summed E-state index contributed by atoms with van der Waals surface area (Å²) in [6, 6.07) is 0. The monoisotopic (exact) mass is 498 g/mol. The number of Topliss-reactive ketones (excluding diaryl/α,β-unsaturated/α-hetero) is 1. The van der Waals surface area contributed by atoms with E-state index in [1.54, 1.807) is 0 Å². The minimum Gasteiger partial charge on any atom is -0.394 e. The Kier molecular flexibility index (Phi) is 7.32. The lowest BCUT2D eigenvalue weighted by Gasteiger charge is -2.59. The molecule has 11 atom stereocenters. The molecule has 3 fully saturated rings. The molecule has 35 heavy (non-hydrogen) atoms. The average Bonchev–Trinajstić information content (AvgIpc) is 2.80. The zero-order valence-corrected chi connectivity index (χ0v) is 21.1. The van der Waals surface area contributed by atoms with Crippen LogP contribution in [0.25, 0.3) is 0 Å². The van der Waals surface area contributed by atoms with Crippen LogP contribution in [0.4, 0.5) is 0 Å². The van der Waals surface area contributed by atoms with Gasteiger partial charge in [-0.15, -0.1) is 0 Å². The van der Waals surface area contributed by atoms with Gasteiger partial charge in [-0.2, -0.15) is 0 Å². The van der Waals surface area contributed by atoms with Gasteiger partial charge in [0, 0.05) is 10.8 Å². The first-order valence-corrected chi connectivity index (χ1v) is 12.8. The molecule has 1 aliphatic heterocycles. The molecular formula is C26H42O9. The highest BCUT2D eigenvalue weighted by Crippen LogP contribution is 2.63. The van der Waals surface area contributed by atoms with Gasteiger partial charge in [0.1, 0.15) is 30.5 Å². The molecule has 9 nitrogen and oxygen atoms in total. The fraction of sp³-hybridized carbons (Fsp3) is 0.885. The lowest BCUT2D eigenvalue weighted by Crippen LogP contribution is -2.59. The van der Waals surface area contributed by atoms with Crippen LogP contribution < -0.4 is 0 Å². The number of hydrogen-bond donors (Lipinski definition) is 6. The van der Waals surface area contributed by atoms with Crippen LogP contribution in [-0.2, 0) is 14.3 Å². The quantitative estimate of drug-likeness (QED) is 0.293. The van der Waals surface area contributed by atoms with Crippen molar-refractivity contribution in [2.45, 2.75) is 103 Å². The molecule has 0 spiro atoms. The molecule has 1 heterocycles. The first kappa shape index (κ1) is 27.1. The standard InChI is InChI=1S/C26H42O9/c1-24(2)17-6-5-13-9-25(3,8-7-14(13)26(17,4)10-15(28)22(24)33)18(29)12-34-23-21(32)20(31)19(30)16(11-27)35-23/h9,14-21,23,27-32H,5-8,10-12H2,1-4H3. The fourth-order valence-corrected chi connectivity index (χ4v) is 7.54. The Morgan fingerprint density at radius 3 is 2.43 bits per heavy atom. The lowest BCUT2D eigenvalue weighted by atomic mass is 9.44. The van der Waals surface area contributed by atoms with E-state index >= 15 is 0 Å². The van der Waals surface area contributed by atoms with Crippen molar-refractivity contribution in [1.29, 1.82) is 0 Å². The zero-order chi connectivity index (χ0) is 25.9. The molecule has 0 bridgehead atoms. The summed E-state index contributed by atoms with van der Waals surface area (Å²) in [5, 5.41) is 61.1. The predicted molar refractivity (Wildman–Crippen MR) is 125 cm³/mol. The largest absolute Gasteiger partial charge is 0.394 e. The van der Waals surface area contributed by atoms with E-state index in [0.717, 1.165) is 19.3 Å². The van der Waals surface area contributed by atoms with E-state index in [1.807, 2.05) is 20.8 Å². The first-order chi connectivity index (χ1) is 16.3. The molecule has 4 rings (SSSR count). The number of aliphatic hydroxyl groups is 6. The van der Waals surface area contributed by atoms with Crippen molar-refractivity contribution in [3.05, 3.63) is 11.6 Å². The third kappa shape index (κ3) is 4.42. The third-order valence-corrected chi connectivity index (χ3v) is 9.72. The van der Waals surface area contributed by atoms with Gasteiger partial charge in [-0.25, -0.2) is 0 Å². The van der Waals surface area contributed by atoms with Crippen LogP contribution >= 0.6 is 0 Å². The van der Waals surface area contributed by atoms with E-state index in [1.165, 1.54) is 5.57 Å². The van der Waals surface area contributed by atoms with Crippen molar-refractivity contribution in [3.8, 4) is 0 Å². The summed E-state index contributed by atoms with van der Waals surface area (Å²) in [6.45, 7) is 7.39. The molecule has 6 N–H and O–H groups in total. The number of carbonyl (C=O) groups is 1. The number of ether oxygens (including phenoxy) is 2. The number of carbonyl (C=O) groups excluding carboxylic acids is 1. The number of hydrogen-bond acceptors (Lipinski definition) is 9. The van der Waals surface area contributed by atoms with Gasteiger partial charge in [0.25, 0.3) is 0 Å². The van der Waals surface area contributed by atoms with Gasteiger partial charge >= 0.3 is 0 Å². The van der Waals surface area contributed by atoms with Crippen LogP contribution in [0.3, 0.4) is 0 Å². The molecule has 2 saturated carbocycles. The number of allylic oxidation sites excluding steroid dienone is 1. The van der Waals surface area contributed by atoms with Gasteiger partial charge in [0.2, 0.25) is 0 Å². The second-order valence-electron chi connectivity index (χ2n) is 12.3. The van der Waals surface area contributed by atoms with E-state index in [0.29, 0.717) is 12.8 Å². The van der Waals surface area contributed by atoms with E-state index in [9.17, 15) is 35.4 Å². The minimum absolute atomic E-state index is 0.0613. The predicted octanol–water partition coefficient (Wildman–Crippen LogP) is 0.283. The first-order valence-electron chi connectivity index (χ1n) is 12.8. The summed E-state index contributed by atoms with van der Waals surface area (Å²) in [7, 11) is 0. The Morgan fingerprint density at radius 2 is 1.77 bits per heavy atom. The molecule has 0 aromatic heterocycles. The highest BCUT2D eigenvalue weighted by atomic mass is 16.7. The number of rotatable bonds is 5. The van der Waals surface area contributed by atoms with Gasteiger partial charge in [-0.3, -0.25) is 4.79 Å². The lowest BCUT2D eigenvalue weighted by molar-refractivity contribution is -0.306. The van der Waals surface area contributed by atoms with Crippen LogP contribution in [0, 0.1) is 28.1 Å². The molecule has 1 saturated heterocycles. The van der Waals surface area contributed by atoms with Crippen molar-refractivity contribution in [2.75, 3.05) is 13.2 Å². The van der Waals surface area contributed by atoms with E-state index in [2.05, 4.69) is 13.0 Å². The van der Waals surface area contributed by atoms with Gasteiger partial charge in [-0.1, -0.05) is 39.3 Å². The smallest absolute Gasteiger partial charge is 0.186 e. The second kappa shape index (κ2) is 9.44. The maximum atomic E-state index is 12.7. The molecule has 4 aliphatic rings. The zero-order valence-electron chi connectivity index (χ0n) is 21.1. The van der Waals surface area contributed by atoms with Gasteiger partial charge in [0.05, 0.1) is 19.3 Å². The number of fused-ring (bicyclic) bond motifs is 3. The average molecular weight is 499 g/mol. The fourth-order valence-electron chi connectivity index (χ4n) is 7.54. The van der Waals surface area contributed by atoms with E-state index < -0.39 is 60.4 Å². The Hall–Kier alpha value is -0.910. The molecule has 0 amide bonds. The Morgan fingerprint density at radius 1 is 1.09 bits per heavy atom. The van der Waals surface area contributed by atoms with Crippen molar-refractivity contribution in [1.82, 2.24) is 0 Å².